The molecule has 128 valence electrons. The van der Waals surface area contributed by atoms with E-state index >= 15 is 0 Å². The lowest BCUT2D eigenvalue weighted by Crippen LogP contribution is -2.17. The Balaban J connectivity index is 2.22. The number of methoxy groups -OCH3 is 1. The van der Waals surface area contributed by atoms with Crippen molar-refractivity contribution in [3.63, 3.8) is 0 Å². The second-order valence-corrected chi connectivity index (χ2v) is 6.84. The van der Waals surface area contributed by atoms with Crippen LogP contribution >= 0.6 is 22.9 Å². The van der Waals surface area contributed by atoms with Gasteiger partial charge in [-0.15, -0.1) is 6.58 Å². The molecule has 1 amide bonds. The van der Waals surface area contributed by atoms with Gasteiger partial charge < -0.3 is 9.30 Å². The van der Waals surface area contributed by atoms with Crippen LogP contribution in [0.15, 0.2) is 54.0 Å². The second-order valence-electron chi connectivity index (χ2n) is 5.42. The van der Waals surface area contributed by atoms with Crippen molar-refractivity contribution in [2.45, 2.75) is 13.5 Å². The molecule has 3 aromatic rings. The number of amides is 1. The number of carbonyl (C=O) groups excluding carboxylic acids is 1. The van der Waals surface area contributed by atoms with Crippen molar-refractivity contribution in [1.29, 1.82) is 0 Å². The van der Waals surface area contributed by atoms with Crippen LogP contribution in [0.5, 0.6) is 5.75 Å². The zero-order chi connectivity index (χ0) is 18.0. The summed E-state index contributed by atoms with van der Waals surface area (Å²) < 4.78 is 8.24. The molecule has 0 spiro atoms. The van der Waals surface area contributed by atoms with Gasteiger partial charge >= 0.3 is 0 Å². The summed E-state index contributed by atoms with van der Waals surface area (Å²) in [5, 5.41) is 0.686. The molecule has 6 heteroatoms. The summed E-state index contributed by atoms with van der Waals surface area (Å²) in [5.74, 6) is 0.164. The molecule has 0 N–H and O–H groups in total. The predicted octanol–water partition coefficient (Wildman–Crippen LogP) is 4.60. The number of allylic oxidation sites excluding steroid dienone is 1. The lowest BCUT2D eigenvalue weighted by Gasteiger charge is -2.06. The van der Waals surface area contributed by atoms with Gasteiger partial charge in [-0.2, -0.15) is 4.99 Å². The van der Waals surface area contributed by atoms with Crippen LogP contribution in [0.25, 0.3) is 10.2 Å². The first kappa shape index (κ1) is 17.5. The van der Waals surface area contributed by atoms with E-state index in [1.54, 1.807) is 24.3 Å². The number of hydrogen-bond acceptors (Lipinski definition) is 3. The van der Waals surface area contributed by atoms with Crippen LogP contribution in [-0.4, -0.2) is 17.6 Å². The van der Waals surface area contributed by atoms with Gasteiger partial charge in [0.15, 0.2) is 4.80 Å². The Bertz CT molecular complexity index is 1030. The van der Waals surface area contributed by atoms with E-state index in [1.807, 2.05) is 29.7 Å². The summed E-state index contributed by atoms with van der Waals surface area (Å²) in [7, 11) is 1.54. The molecule has 0 aliphatic carbocycles. The van der Waals surface area contributed by atoms with Gasteiger partial charge in [-0.25, -0.2) is 0 Å². The van der Waals surface area contributed by atoms with Crippen molar-refractivity contribution in [2.75, 3.05) is 7.11 Å². The van der Waals surface area contributed by atoms with Crippen molar-refractivity contribution in [1.82, 2.24) is 4.57 Å². The largest absolute Gasteiger partial charge is 0.496 e. The zero-order valence-corrected chi connectivity index (χ0v) is 15.5. The fourth-order valence-electron chi connectivity index (χ4n) is 2.67. The number of nitrogens with zero attached hydrogens (tertiary/aromatic N) is 2. The average molecular weight is 373 g/mol. The van der Waals surface area contributed by atoms with E-state index in [2.05, 4.69) is 11.6 Å². The van der Waals surface area contributed by atoms with E-state index in [0.717, 1.165) is 15.8 Å². The van der Waals surface area contributed by atoms with Crippen LogP contribution in [0.4, 0.5) is 0 Å². The lowest BCUT2D eigenvalue weighted by molar-refractivity contribution is 0.0995. The van der Waals surface area contributed by atoms with Crippen molar-refractivity contribution in [2.24, 2.45) is 4.99 Å². The molecule has 0 saturated carbocycles. The average Bonchev–Trinajstić information content (AvgIpc) is 2.96. The number of hydrogen-bond donors (Lipinski definition) is 0. The van der Waals surface area contributed by atoms with Gasteiger partial charge in [-0.1, -0.05) is 41.1 Å². The summed E-state index contributed by atoms with van der Waals surface area (Å²) in [4.78, 5) is 17.6. The maximum absolute atomic E-state index is 12.7. The van der Waals surface area contributed by atoms with E-state index in [9.17, 15) is 4.79 Å². The minimum atomic E-state index is -0.342. The van der Waals surface area contributed by atoms with Crippen LogP contribution < -0.4 is 9.54 Å². The molecule has 0 bridgehead atoms. The zero-order valence-electron chi connectivity index (χ0n) is 14.0. The molecule has 0 fully saturated rings. The highest BCUT2D eigenvalue weighted by molar-refractivity contribution is 7.16. The Morgan fingerprint density at radius 1 is 1.36 bits per heavy atom. The number of fused-ring (bicyclic) bond motifs is 1. The Labute approximate surface area is 154 Å². The molecule has 0 unspecified atom stereocenters. The van der Waals surface area contributed by atoms with E-state index in [4.69, 9.17) is 16.3 Å². The quantitative estimate of drug-likeness (QED) is 0.628. The van der Waals surface area contributed by atoms with Crippen molar-refractivity contribution < 1.29 is 9.53 Å². The summed E-state index contributed by atoms with van der Waals surface area (Å²) in [6.07, 6.45) is 1.78. The Kier molecular flexibility index (Phi) is 5.06. The maximum Gasteiger partial charge on any atom is 0.283 e. The number of carbonyl (C=O) groups is 1. The van der Waals surface area contributed by atoms with Crippen LogP contribution in [0.3, 0.4) is 0 Å². The van der Waals surface area contributed by atoms with Gasteiger partial charge in [0, 0.05) is 11.6 Å². The number of halogens is 1. The van der Waals surface area contributed by atoms with Crippen molar-refractivity contribution >= 4 is 39.1 Å². The molecule has 4 nitrogen and oxygen atoms in total. The van der Waals surface area contributed by atoms with E-state index in [-0.39, 0.29) is 5.91 Å². The standard InChI is InChI=1S/C19H17ClN2O2S/c1-4-11-22-17-12(2)14(20)9-10-16(17)25-19(22)21-18(23)13-7-5-6-8-15(13)24-3/h4-10H,1,11H2,2-3H3. The number of aromatic nitrogens is 1. The minimum absolute atomic E-state index is 0.342. The van der Waals surface area contributed by atoms with Gasteiger partial charge in [0.1, 0.15) is 5.75 Å². The third-order valence-corrected chi connectivity index (χ3v) is 5.33. The van der Waals surface area contributed by atoms with Gasteiger partial charge in [-0.3, -0.25) is 4.79 Å². The third-order valence-electron chi connectivity index (χ3n) is 3.88. The molecular formula is C19H17ClN2O2S. The number of para-hydroxylation sites is 1. The first-order chi connectivity index (χ1) is 12.1. The van der Waals surface area contributed by atoms with Crippen molar-refractivity contribution in [3.8, 4) is 5.75 Å². The fourth-order valence-corrected chi connectivity index (χ4v) is 3.92. The molecule has 0 atom stereocenters. The Morgan fingerprint density at radius 3 is 2.84 bits per heavy atom. The van der Waals surface area contributed by atoms with E-state index in [0.29, 0.717) is 27.7 Å². The third kappa shape index (κ3) is 3.25. The molecule has 1 heterocycles. The highest BCUT2D eigenvalue weighted by atomic mass is 35.5. The number of ether oxygens (including phenoxy) is 1. The highest BCUT2D eigenvalue weighted by Gasteiger charge is 2.14. The smallest absolute Gasteiger partial charge is 0.283 e. The molecule has 1 aromatic heterocycles. The number of aryl methyl sites for hydroxylation is 1. The van der Waals surface area contributed by atoms with E-state index in [1.165, 1.54) is 18.4 Å². The maximum atomic E-state index is 12.7. The van der Waals surface area contributed by atoms with Crippen LogP contribution in [0.2, 0.25) is 5.02 Å². The molecule has 0 saturated heterocycles. The fraction of sp³-hybridized carbons (Fsp3) is 0.158. The molecule has 0 radical (unpaired) electrons. The summed E-state index contributed by atoms with van der Waals surface area (Å²) in [5.41, 5.74) is 2.37. The predicted molar refractivity (Wildman–Crippen MR) is 103 cm³/mol. The molecule has 3 rings (SSSR count). The number of thiazole rings is 1. The van der Waals surface area contributed by atoms with Gasteiger partial charge in [0.05, 0.1) is 22.9 Å². The molecule has 2 aromatic carbocycles. The van der Waals surface area contributed by atoms with E-state index < -0.39 is 0 Å². The van der Waals surface area contributed by atoms with Gasteiger partial charge in [0.25, 0.3) is 5.91 Å². The SMILES string of the molecule is C=CCn1c(=NC(=O)c2ccccc2OC)sc2ccc(Cl)c(C)c21. The lowest BCUT2D eigenvalue weighted by atomic mass is 10.2. The molecule has 25 heavy (non-hydrogen) atoms. The van der Waals surface area contributed by atoms with Crippen LogP contribution in [0, 0.1) is 6.92 Å². The minimum Gasteiger partial charge on any atom is -0.496 e. The van der Waals surface area contributed by atoms with Crippen LogP contribution in [-0.2, 0) is 6.54 Å². The number of benzene rings is 2. The van der Waals surface area contributed by atoms with Gasteiger partial charge in [0.2, 0.25) is 0 Å². The normalized spacial score (nSPS) is 11.7. The summed E-state index contributed by atoms with van der Waals surface area (Å²) >= 11 is 7.71. The highest BCUT2D eigenvalue weighted by Crippen LogP contribution is 2.27. The first-order valence-electron chi connectivity index (χ1n) is 7.68. The van der Waals surface area contributed by atoms with Crippen LogP contribution in [0.1, 0.15) is 15.9 Å². The van der Waals surface area contributed by atoms with Crippen molar-refractivity contribution in [3.05, 3.63) is 70.0 Å². The molecule has 0 aliphatic rings. The Hall–Kier alpha value is -2.37. The van der Waals surface area contributed by atoms with Gasteiger partial charge in [-0.05, 0) is 36.8 Å². The molecule has 0 aliphatic heterocycles. The summed E-state index contributed by atoms with van der Waals surface area (Å²) in [6, 6.07) is 10.9. The number of rotatable bonds is 4. The topological polar surface area (TPSA) is 43.6 Å². The monoisotopic (exact) mass is 372 g/mol. The first-order valence-corrected chi connectivity index (χ1v) is 8.87. The molecular weight excluding hydrogens is 356 g/mol. The summed E-state index contributed by atoms with van der Waals surface area (Å²) in [6.45, 7) is 6.31. The Morgan fingerprint density at radius 2 is 2.12 bits per heavy atom. The second kappa shape index (κ2) is 7.25.